The van der Waals surface area contributed by atoms with E-state index >= 15 is 0 Å². The summed E-state index contributed by atoms with van der Waals surface area (Å²) in [5.41, 5.74) is 0.00479. The van der Waals surface area contributed by atoms with E-state index in [0.29, 0.717) is 18.7 Å². The van der Waals surface area contributed by atoms with Gasteiger partial charge in [-0.2, -0.15) is 5.10 Å². The van der Waals surface area contributed by atoms with Crippen LogP contribution < -0.4 is 0 Å². The predicted octanol–water partition coefficient (Wildman–Crippen LogP) is 2.30. The van der Waals surface area contributed by atoms with Crippen LogP contribution in [-0.4, -0.2) is 41.5 Å². The van der Waals surface area contributed by atoms with Crippen molar-refractivity contribution in [2.75, 3.05) is 6.54 Å². The molecule has 0 atom stereocenters. The summed E-state index contributed by atoms with van der Waals surface area (Å²) in [5.74, 6) is -0.379. The number of likely N-dealkylation sites (tertiary alicyclic amines) is 1. The highest BCUT2D eigenvalue weighted by Crippen LogP contribution is 2.32. The number of aromatic nitrogens is 2. The topological polar surface area (TPSA) is 83.1 Å². The first-order valence-electron chi connectivity index (χ1n) is 7.02. The predicted molar refractivity (Wildman–Crippen MR) is 80.0 cm³/mol. The number of hydrogen-bond donors (Lipinski definition) is 1. The Kier molecular flexibility index (Phi) is 4.35. The average Bonchev–Trinajstić information content (AvgIpc) is 2.91. The van der Waals surface area contributed by atoms with E-state index in [1.165, 1.54) is 0 Å². The lowest BCUT2D eigenvalue weighted by Gasteiger charge is -2.31. The van der Waals surface area contributed by atoms with Crippen molar-refractivity contribution >= 4 is 25.6 Å². The van der Waals surface area contributed by atoms with Gasteiger partial charge in [-0.1, -0.05) is 13.3 Å². The molecule has 0 aliphatic carbocycles. The van der Waals surface area contributed by atoms with Gasteiger partial charge < -0.3 is 4.90 Å². The number of nitrogens with one attached hydrogen (secondary N) is 1. The molecular weight excluding hydrogens is 314 g/mol. The van der Waals surface area contributed by atoms with Crippen LogP contribution in [0.15, 0.2) is 4.90 Å². The molecule has 1 fully saturated rings. The Morgan fingerprint density at radius 3 is 2.62 bits per heavy atom. The number of nitrogens with zero attached hydrogens (tertiary/aromatic N) is 2. The van der Waals surface area contributed by atoms with E-state index in [1.54, 1.807) is 4.90 Å². The molecule has 6 nitrogen and oxygen atoms in total. The molecule has 0 aromatic carbocycles. The summed E-state index contributed by atoms with van der Waals surface area (Å²) >= 11 is 0. The van der Waals surface area contributed by atoms with Gasteiger partial charge in [0, 0.05) is 22.8 Å². The van der Waals surface area contributed by atoms with Crippen LogP contribution in [0.4, 0.5) is 0 Å². The van der Waals surface area contributed by atoms with Crippen LogP contribution in [0, 0.1) is 0 Å². The maximum absolute atomic E-state index is 12.7. The molecule has 21 heavy (non-hydrogen) atoms. The van der Waals surface area contributed by atoms with E-state index in [0.717, 1.165) is 19.3 Å². The molecule has 1 amide bonds. The SMILES string of the molecule is CCCc1[nH]nc(C(=O)N2CCCC2(C)C)c1S(=O)(=O)Cl. The largest absolute Gasteiger partial charge is 0.332 e. The first kappa shape index (κ1) is 16.3. The fourth-order valence-electron chi connectivity index (χ4n) is 2.81. The summed E-state index contributed by atoms with van der Waals surface area (Å²) in [6, 6.07) is 0. The van der Waals surface area contributed by atoms with E-state index < -0.39 is 9.05 Å². The zero-order valence-corrected chi connectivity index (χ0v) is 14.0. The summed E-state index contributed by atoms with van der Waals surface area (Å²) in [6.07, 6.45) is 2.98. The van der Waals surface area contributed by atoms with Crippen molar-refractivity contribution in [2.45, 2.75) is 56.9 Å². The second-order valence-electron chi connectivity index (χ2n) is 5.94. The minimum Gasteiger partial charge on any atom is -0.332 e. The van der Waals surface area contributed by atoms with E-state index in [1.807, 2.05) is 20.8 Å². The Morgan fingerprint density at radius 2 is 2.14 bits per heavy atom. The second-order valence-corrected chi connectivity index (χ2v) is 8.44. The lowest BCUT2D eigenvalue weighted by Crippen LogP contribution is -2.43. The van der Waals surface area contributed by atoms with Crippen LogP contribution in [0.2, 0.25) is 0 Å². The van der Waals surface area contributed by atoms with Gasteiger partial charge in [0.05, 0.1) is 5.69 Å². The Hall–Kier alpha value is -1.08. The van der Waals surface area contributed by atoms with Crippen molar-refractivity contribution in [1.29, 1.82) is 0 Å². The number of aromatic amines is 1. The average molecular weight is 334 g/mol. The van der Waals surface area contributed by atoms with Crippen LogP contribution >= 0.6 is 10.7 Å². The monoisotopic (exact) mass is 333 g/mol. The quantitative estimate of drug-likeness (QED) is 0.857. The van der Waals surface area contributed by atoms with Crippen molar-refractivity contribution in [3.63, 3.8) is 0 Å². The Morgan fingerprint density at radius 1 is 1.48 bits per heavy atom. The lowest BCUT2D eigenvalue weighted by atomic mass is 10.0. The molecule has 1 aliphatic rings. The standard InChI is InChI=1S/C13H20ClN3O3S/c1-4-6-9-11(21(14,19)20)10(16-15-9)12(18)17-8-5-7-13(17,2)3/h4-8H2,1-3H3,(H,15,16). The maximum Gasteiger partial charge on any atom is 0.276 e. The van der Waals surface area contributed by atoms with Crippen LogP contribution in [0.25, 0.3) is 0 Å². The molecule has 0 unspecified atom stereocenters. The molecule has 1 aromatic heterocycles. The van der Waals surface area contributed by atoms with Gasteiger partial charge in [0.15, 0.2) is 5.69 Å². The molecule has 0 bridgehead atoms. The number of hydrogen-bond acceptors (Lipinski definition) is 4. The van der Waals surface area contributed by atoms with E-state index in [-0.39, 0.29) is 22.0 Å². The van der Waals surface area contributed by atoms with E-state index in [4.69, 9.17) is 10.7 Å². The van der Waals surface area contributed by atoms with Crippen LogP contribution in [0.3, 0.4) is 0 Å². The van der Waals surface area contributed by atoms with Gasteiger partial charge in [-0.25, -0.2) is 8.42 Å². The molecule has 118 valence electrons. The van der Waals surface area contributed by atoms with Crippen LogP contribution in [-0.2, 0) is 15.5 Å². The summed E-state index contributed by atoms with van der Waals surface area (Å²) in [4.78, 5) is 14.2. The first-order valence-corrected chi connectivity index (χ1v) is 9.33. The normalized spacial score (nSPS) is 18.2. The third-order valence-electron chi connectivity index (χ3n) is 3.88. The molecule has 2 heterocycles. The minimum atomic E-state index is -4.02. The molecule has 0 saturated carbocycles. The number of carbonyl (C=O) groups is 1. The highest BCUT2D eigenvalue weighted by Gasteiger charge is 2.39. The third-order valence-corrected chi connectivity index (χ3v) is 5.27. The van der Waals surface area contributed by atoms with Gasteiger partial charge in [-0.05, 0) is 33.1 Å². The van der Waals surface area contributed by atoms with Gasteiger partial charge in [0.25, 0.3) is 15.0 Å². The molecule has 2 rings (SSSR count). The number of amides is 1. The zero-order valence-electron chi connectivity index (χ0n) is 12.4. The zero-order chi connectivity index (χ0) is 15.8. The van der Waals surface area contributed by atoms with Crippen LogP contribution in [0.5, 0.6) is 0 Å². The Balaban J connectivity index is 2.47. The van der Waals surface area contributed by atoms with Gasteiger partial charge >= 0.3 is 0 Å². The lowest BCUT2D eigenvalue weighted by molar-refractivity contribution is 0.0642. The van der Waals surface area contributed by atoms with Crippen LogP contribution in [0.1, 0.15) is 56.2 Å². The highest BCUT2D eigenvalue weighted by atomic mass is 35.7. The molecule has 1 saturated heterocycles. The molecule has 1 aromatic rings. The van der Waals surface area contributed by atoms with Crippen molar-refractivity contribution in [3.8, 4) is 0 Å². The Bertz CT molecular complexity index is 652. The number of halogens is 1. The maximum atomic E-state index is 12.7. The first-order chi connectivity index (χ1) is 9.68. The highest BCUT2D eigenvalue weighted by molar-refractivity contribution is 8.13. The van der Waals surface area contributed by atoms with Gasteiger partial charge in [-0.15, -0.1) is 0 Å². The van der Waals surface area contributed by atoms with Crippen molar-refractivity contribution in [2.24, 2.45) is 0 Å². The number of aryl methyl sites for hydroxylation is 1. The van der Waals surface area contributed by atoms with Crippen molar-refractivity contribution < 1.29 is 13.2 Å². The number of carbonyl (C=O) groups excluding carboxylic acids is 1. The smallest absolute Gasteiger partial charge is 0.276 e. The summed E-state index contributed by atoms with van der Waals surface area (Å²) < 4.78 is 23.7. The van der Waals surface area contributed by atoms with Gasteiger partial charge in [0.2, 0.25) is 0 Å². The Labute approximate surface area is 129 Å². The summed E-state index contributed by atoms with van der Waals surface area (Å²) in [6.45, 7) is 6.44. The summed E-state index contributed by atoms with van der Waals surface area (Å²) in [7, 11) is 1.49. The number of H-pyrrole nitrogens is 1. The summed E-state index contributed by atoms with van der Waals surface area (Å²) in [5, 5.41) is 6.58. The fraction of sp³-hybridized carbons (Fsp3) is 0.692. The van der Waals surface area contributed by atoms with E-state index in [2.05, 4.69) is 10.2 Å². The van der Waals surface area contributed by atoms with E-state index in [9.17, 15) is 13.2 Å². The molecular formula is C13H20ClN3O3S. The third kappa shape index (κ3) is 3.08. The van der Waals surface area contributed by atoms with Crippen molar-refractivity contribution in [3.05, 3.63) is 11.4 Å². The van der Waals surface area contributed by atoms with Gasteiger partial charge in [0.1, 0.15) is 4.90 Å². The molecule has 0 radical (unpaired) electrons. The van der Waals surface area contributed by atoms with Crippen molar-refractivity contribution in [1.82, 2.24) is 15.1 Å². The van der Waals surface area contributed by atoms with Gasteiger partial charge in [-0.3, -0.25) is 9.89 Å². The molecule has 8 heteroatoms. The molecule has 1 aliphatic heterocycles. The minimum absolute atomic E-state index is 0.0941. The second kappa shape index (κ2) is 5.61. The fourth-order valence-corrected chi connectivity index (χ4v) is 4.11. The molecule has 0 spiro atoms. The number of rotatable bonds is 4. The molecule has 1 N–H and O–H groups in total.